The molecule has 2 heterocycles. The molecule has 2 rings (SSSR count). The Morgan fingerprint density at radius 1 is 1.60 bits per heavy atom. The van der Waals surface area contributed by atoms with Crippen molar-refractivity contribution in [2.45, 2.75) is 13.2 Å². The number of halogens is 1. The number of ether oxygens (including phenoxy) is 1. The van der Waals surface area contributed by atoms with Crippen LogP contribution >= 0.6 is 15.9 Å². The van der Waals surface area contributed by atoms with Gasteiger partial charge in [0, 0.05) is 0 Å². The molecule has 4 nitrogen and oxygen atoms in total. The van der Waals surface area contributed by atoms with Crippen molar-refractivity contribution in [3.63, 3.8) is 0 Å². The molecule has 1 aliphatic heterocycles. The van der Waals surface area contributed by atoms with Crippen LogP contribution in [0.15, 0.2) is 4.73 Å². The standard InChI is InChI=1S/C5H6BrN3O/c6-5-7-4-3-10-2-1-9(4)8-5/h1-3H2. The van der Waals surface area contributed by atoms with Crippen molar-refractivity contribution < 1.29 is 4.74 Å². The van der Waals surface area contributed by atoms with E-state index in [4.69, 9.17) is 4.74 Å². The summed E-state index contributed by atoms with van der Waals surface area (Å²) in [6, 6.07) is 0. The number of hydrogen-bond acceptors (Lipinski definition) is 3. The molecular weight excluding hydrogens is 198 g/mol. The number of fused-ring (bicyclic) bond motifs is 1. The zero-order chi connectivity index (χ0) is 6.97. The molecule has 0 aromatic carbocycles. The predicted octanol–water partition coefficient (Wildman–Crippen LogP) is 0.571. The van der Waals surface area contributed by atoms with Crippen LogP contribution in [-0.2, 0) is 17.9 Å². The van der Waals surface area contributed by atoms with Gasteiger partial charge in [-0.25, -0.2) is 9.67 Å². The molecule has 5 heteroatoms. The van der Waals surface area contributed by atoms with Crippen molar-refractivity contribution in [3.05, 3.63) is 10.6 Å². The van der Waals surface area contributed by atoms with Gasteiger partial charge in [0.25, 0.3) is 0 Å². The van der Waals surface area contributed by atoms with E-state index in [9.17, 15) is 0 Å². The van der Waals surface area contributed by atoms with Crippen LogP contribution in [0.5, 0.6) is 0 Å². The summed E-state index contributed by atoms with van der Waals surface area (Å²) < 4.78 is 7.67. The van der Waals surface area contributed by atoms with Crippen LogP contribution in [0.3, 0.4) is 0 Å². The van der Waals surface area contributed by atoms with E-state index in [1.54, 1.807) is 0 Å². The van der Waals surface area contributed by atoms with E-state index in [1.807, 2.05) is 4.68 Å². The number of nitrogens with zero attached hydrogens (tertiary/aromatic N) is 3. The Morgan fingerprint density at radius 3 is 3.30 bits per heavy atom. The first-order valence-corrected chi connectivity index (χ1v) is 3.82. The monoisotopic (exact) mass is 203 g/mol. The van der Waals surface area contributed by atoms with Crippen molar-refractivity contribution in [2.24, 2.45) is 0 Å². The minimum absolute atomic E-state index is 0.582. The van der Waals surface area contributed by atoms with Gasteiger partial charge in [0.15, 0.2) is 5.82 Å². The van der Waals surface area contributed by atoms with Crippen LogP contribution in [-0.4, -0.2) is 21.4 Å². The maximum absolute atomic E-state index is 5.17. The highest BCUT2D eigenvalue weighted by Crippen LogP contribution is 2.09. The fraction of sp³-hybridized carbons (Fsp3) is 0.600. The van der Waals surface area contributed by atoms with Crippen molar-refractivity contribution in [2.75, 3.05) is 6.61 Å². The van der Waals surface area contributed by atoms with E-state index >= 15 is 0 Å². The van der Waals surface area contributed by atoms with Gasteiger partial charge in [0.2, 0.25) is 4.73 Å². The largest absolute Gasteiger partial charge is 0.372 e. The second-order valence-electron chi connectivity index (χ2n) is 2.07. The minimum atomic E-state index is 0.582. The molecule has 0 saturated carbocycles. The average Bonchev–Trinajstić information content (AvgIpc) is 2.27. The molecule has 1 aromatic heterocycles. The van der Waals surface area contributed by atoms with E-state index in [0.29, 0.717) is 11.3 Å². The Bertz CT molecular complexity index is 224. The topological polar surface area (TPSA) is 39.9 Å². The minimum Gasteiger partial charge on any atom is -0.372 e. The van der Waals surface area contributed by atoms with Crippen LogP contribution in [0.4, 0.5) is 0 Å². The molecule has 0 amide bonds. The third kappa shape index (κ3) is 0.951. The molecule has 1 aromatic rings. The van der Waals surface area contributed by atoms with Gasteiger partial charge in [-0.1, -0.05) is 0 Å². The van der Waals surface area contributed by atoms with Gasteiger partial charge in [-0.05, 0) is 15.9 Å². The number of rotatable bonds is 0. The Hall–Kier alpha value is -0.420. The summed E-state index contributed by atoms with van der Waals surface area (Å²) in [6.07, 6.45) is 0. The van der Waals surface area contributed by atoms with Gasteiger partial charge < -0.3 is 4.74 Å². The Morgan fingerprint density at radius 2 is 2.50 bits per heavy atom. The molecule has 0 fully saturated rings. The van der Waals surface area contributed by atoms with Crippen LogP contribution in [0, 0.1) is 0 Å². The number of hydrogen-bond donors (Lipinski definition) is 0. The molecule has 1 aliphatic rings. The molecule has 10 heavy (non-hydrogen) atoms. The Balaban J connectivity index is 2.41. The van der Waals surface area contributed by atoms with Gasteiger partial charge in [-0.15, -0.1) is 5.10 Å². The summed E-state index contributed by atoms with van der Waals surface area (Å²) in [5.41, 5.74) is 0. The van der Waals surface area contributed by atoms with Crippen LogP contribution in [0.2, 0.25) is 0 Å². The predicted molar refractivity (Wildman–Crippen MR) is 37.4 cm³/mol. The third-order valence-electron chi connectivity index (χ3n) is 1.40. The quantitative estimate of drug-likeness (QED) is 0.620. The summed E-state index contributed by atoms with van der Waals surface area (Å²) in [5.74, 6) is 0.901. The fourth-order valence-corrected chi connectivity index (χ4v) is 1.34. The van der Waals surface area contributed by atoms with Crippen molar-refractivity contribution in [1.29, 1.82) is 0 Å². The lowest BCUT2D eigenvalue weighted by atomic mass is 10.5. The average molecular weight is 204 g/mol. The second-order valence-corrected chi connectivity index (χ2v) is 2.78. The molecule has 0 aliphatic carbocycles. The van der Waals surface area contributed by atoms with Crippen LogP contribution in [0.25, 0.3) is 0 Å². The first-order chi connectivity index (χ1) is 4.86. The van der Waals surface area contributed by atoms with Crippen molar-refractivity contribution >= 4 is 15.9 Å². The van der Waals surface area contributed by atoms with E-state index in [1.165, 1.54) is 0 Å². The molecule has 54 valence electrons. The molecule has 0 N–H and O–H groups in total. The summed E-state index contributed by atoms with van der Waals surface area (Å²) in [5, 5.41) is 4.09. The van der Waals surface area contributed by atoms with Gasteiger partial charge in [0.05, 0.1) is 13.2 Å². The summed E-state index contributed by atoms with van der Waals surface area (Å²) in [7, 11) is 0. The van der Waals surface area contributed by atoms with E-state index in [0.717, 1.165) is 19.0 Å². The first-order valence-electron chi connectivity index (χ1n) is 3.03. The lowest BCUT2D eigenvalue weighted by Gasteiger charge is -2.11. The first kappa shape index (κ1) is 6.30. The van der Waals surface area contributed by atoms with Crippen molar-refractivity contribution in [1.82, 2.24) is 14.8 Å². The highest BCUT2D eigenvalue weighted by molar-refractivity contribution is 9.10. The zero-order valence-corrected chi connectivity index (χ0v) is 6.84. The molecule has 0 spiro atoms. The van der Waals surface area contributed by atoms with E-state index < -0.39 is 0 Å². The third-order valence-corrected chi connectivity index (χ3v) is 1.74. The molecule has 0 atom stereocenters. The second kappa shape index (κ2) is 2.32. The lowest BCUT2D eigenvalue weighted by Crippen LogP contribution is -2.17. The molecule has 0 radical (unpaired) electrons. The molecule has 0 bridgehead atoms. The van der Waals surface area contributed by atoms with Crippen LogP contribution < -0.4 is 0 Å². The number of aromatic nitrogens is 3. The maximum atomic E-state index is 5.17. The van der Waals surface area contributed by atoms with E-state index in [2.05, 4.69) is 26.0 Å². The zero-order valence-electron chi connectivity index (χ0n) is 5.25. The summed E-state index contributed by atoms with van der Waals surface area (Å²) >= 11 is 3.19. The van der Waals surface area contributed by atoms with Gasteiger partial charge >= 0.3 is 0 Å². The van der Waals surface area contributed by atoms with E-state index in [-0.39, 0.29) is 0 Å². The smallest absolute Gasteiger partial charge is 0.217 e. The van der Waals surface area contributed by atoms with Gasteiger partial charge in [-0.2, -0.15) is 0 Å². The maximum Gasteiger partial charge on any atom is 0.217 e. The van der Waals surface area contributed by atoms with Gasteiger partial charge in [0.1, 0.15) is 6.61 Å². The highest BCUT2D eigenvalue weighted by Gasteiger charge is 2.11. The molecule has 0 saturated heterocycles. The highest BCUT2D eigenvalue weighted by atomic mass is 79.9. The summed E-state index contributed by atoms with van der Waals surface area (Å²) in [6.45, 7) is 2.13. The van der Waals surface area contributed by atoms with Gasteiger partial charge in [-0.3, -0.25) is 0 Å². The normalized spacial score (nSPS) is 16.9. The van der Waals surface area contributed by atoms with Crippen LogP contribution in [0.1, 0.15) is 5.82 Å². The van der Waals surface area contributed by atoms with Crippen molar-refractivity contribution in [3.8, 4) is 0 Å². The SMILES string of the molecule is Brc1nc2n(n1)CCOC2. The Labute approximate surface area is 66.3 Å². The molecular formula is C5H6BrN3O. The Kier molecular flexibility index (Phi) is 1.46. The lowest BCUT2D eigenvalue weighted by molar-refractivity contribution is 0.0769. The summed E-state index contributed by atoms with van der Waals surface area (Å²) in [4.78, 5) is 4.09. The molecule has 0 unspecified atom stereocenters. The fourth-order valence-electron chi connectivity index (χ4n) is 0.944.